The van der Waals surface area contributed by atoms with Crippen LogP contribution in [0.4, 0.5) is 0 Å². The fourth-order valence-corrected chi connectivity index (χ4v) is 5.27. The van der Waals surface area contributed by atoms with Crippen molar-refractivity contribution in [2.45, 2.75) is 56.8 Å². The molecule has 4 aromatic carbocycles. The van der Waals surface area contributed by atoms with Crippen molar-refractivity contribution in [3.63, 3.8) is 0 Å². The lowest BCUT2D eigenvalue weighted by molar-refractivity contribution is -0.278. The van der Waals surface area contributed by atoms with Crippen molar-refractivity contribution in [2.24, 2.45) is 0 Å². The Morgan fingerprint density at radius 1 is 0.571 bits per heavy atom. The van der Waals surface area contributed by atoms with Crippen LogP contribution in [0.25, 0.3) is 0 Å². The van der Waals surface area contributed by atoms with Gasteiger partial charge in [0.25, 0.3) is 0 Å². The van der Waals surface area contributed by atoms with E-state index in [0.717, 1.165) is 28.0 Å². The zero-order chi connectivity index (χ0) is 28.6. The monoisotopic (exact) mass is 568 g/mol. The van der Waals surface area contributed by atoms with Crippen molar-refractivity contribution < 1.29 is 33.2 Å². The summed E-state index contributed by atoms with van der Waals surface area (Å²) in [4.78, 5) is 0. The number of hydrogen-bond acceptors (Lipinski definition) is 7. The normalized spacial score (nSPS) is 25.2. The molecule has 218 valence electrons. The van der Waals surface area contributed by atoms with Crippen LogP contribution in [0.5, 0.6) is 5.75 Å². The van der Waals surface area contributed by atoms with Gasteiger partial charge in [-0.3, -0.25) is 0 Å². The SMILES string of the molecule is COc1ccc([C@H]2O[C@H]3O[C@H](COCc4ccccc4)[C@@H](OCc4ccccc4)[C@H](OCc4ccccc4)[C@H]3O2)cc1. The number of methoxy groups -OCH3 is 1. The molecule has 2 heterocycles. The molecular weight excluding hydrogens is 532 g/mol. The minimum Gasteiger partial charge on any atom is -0.497 e. The summed E-state index contributed by atoms with van der Waals surface area (Å²) in [6.07, 6.45) is -3.16. The Labute approximate surface area is 246 Å². The van der Waals surface area contributed by atoms with Gasteiger partial charge in [-0.1, -0.05) is 103 Å². The number of ether oxygens (including phenoxy) is 7. The lowest BCUT2D eigenvalue weighted by Gasteiger charge is -2.42. The van der Waals surface area contributed by atoms with Gasteiger partial charge in [-0.25, -0.2) is 0 Å². The van der Waals surface area contributed by atoms with Gasteiger partial charge in [-0.2, -0.15) is 0 Å². The summed E-state index contributed by atoms with van der Waals surface area (Å²) >= 11 is 0. The smallest absolute Gasteiger partial charge is 0.190 e. The molecule has 42 heavy (non-hydrogen) atoms. The van der Waals surface area contributed by atoms with Crippen LogP contribution in [0, 0.1) is 0 Å². The highest BCUT2D eigenvalue weighted by Gasteiger charge is 2.54. The summed E-state index contributed by atoms with van der Waals surface area (Å²) < 4.78 is 44.0. The molecule has 0 N–H and O–H groups in total. The van der Waals surface area contributed by atoms with Crippen LogP contribution in [-0.4, -0.2) is 44.4 Å². The summed E-state index contributed by atoms with van der Waals surface area (Å²) in [6, 6.07) is 37.9. The van der Waals surface area contributed by atoms with Gasteiger partial charge in [0.05, 0.1) is 33.5 Å². The zero-order valence-electron chi connectivity index (χ0n) is 23.6. The van der Waals surface area contributed by atoms with E-state index >= 15 is 0 Å². The predicted octanol–water partition coefficient (Wildman–Crippen LogP) is 6.22. The first kappa shape index (κ1) is 28.6. The van der Waals surface area contributed by atoms with E-state index in [1.807, 2.05) is 115 Å². The fourth-order valence-electron chi connectivity index (χ4n) is 5.27. The Bertz CT molecular complexity index is 1350. The number of benzene rings is 4. The molecule has 0 aromatic heterocycles. The Kier molecular flexibility index (Phi) is 9.57. The Hall–Kier alpha value is -3.56. The standard InChI is InChI=1S/C35H36O7/c1-36-29-19-17-28(18-20-29)34-41-33-32(39-23-27-15-9-4-10-16-27)31(38-22-26-13-7-3-8-14-26)30(40-35(33)42-34)24-37-21-25-11-5-2-6-12-25/h2-20,30-35H,21-24H2,1H3/t30-,31-,32+,33-,34-,35-/m1/s1. The third-order valence-corrected chi connectivity index (χ3v) is 7.48. The van der Waals surface area contributed by atoms with Crippen molar-refractivity contribution in [3.05, 3.63) is 138 Å². The number of hydrogen-bond donors (Lipinski definition) is 0. The second-order valence-corrected chi connectivity index (χ2v) is 10.4. The molecule has 0 radical (unpaired) electrons. The highest BCUT2D eigenvalue weighted by molar-refractivity contribution is 5.28. The molecule has 7 nitrogen and oxygen atoms in total. The first-order valence-electron chi connectivity index (χ1n) is 14.3. The van der Waals surface area contributed by atoms with Crippen LogP contribution in [0.3, 0.4) is 0 Å². The molecule has 0 aliphatic carbocycles. The average molecular weight is 569 g/mol. The third kappa shape index (κ3) is 7.07. The zero-order valence-corrected chi connectivity index (χ0v) is 23.6. The maximum atomic E-state index is 6.61. The summed E-state index contributed by atoms with van der Waals surface area (Å²) in [6.45, 7) is 1.56. The molecule has 2 aliphatic heterocycles. The summed E-state index contributed by atoms with van der Waals surface area (Å²) in [7, 11) is 1.64. The molecule has 2 saturated heterocycles. The lowest BCUT2D eigenvalue weighted by Crippen LogP contribution is -2.59. The highest BCUT2D eigenvalue weighted by Crippen LogP contribution is 2.41. The van der Waals surface area contributed by atoms with E-state index < -0.39 is 37.0 Å². The summed E-state index contributed by atoms with van der Waals surface area (Å²) in [5.74, 6) is 0.763. The molecule has 6 atom stereocenters. The van der Waals surface area contributed by atoms with E-state index in [0.29, 0.717) is 26.4 Å². The average Bonchev–Trinajstić information content (AvgIpc) is 3.48. The van der Waals surface area contributed by atoms with Gasteiger partial charge in [0.15, 0.2) is 12.6 Å². The molecule has 0 spiro atoms. The predicted molar refractivity (Wildman–Crippen MR) is 156 cm³/mol. The van der Waals surface area contributed by atoms with Gasteiger partial charge in [0.2, 0.25) is 0 Å². The van der Waals surface area contributed by atoms with Crippen molar-refractivity contribution in [2.75, 3.05) is 13.7 Å². The second kappa shape index (κ2) is 14.1. The van der Waals surface area contributed by atoms with Gasteiger partial charge in [-0.15, -0.1) is 0 Å². The first-order valence-corrected chi connectivity index (χ1v) is 14.3. The highest BCUT2D eigenvalue weighted by atomic mass is 16.8. The molecule has 6 rings (SSSR count). The number of rotatable bonds is 12. The van der Waals surface area contributed by atoms with E-state index in [2.05, 4.69) is 0 Å². The Morgan fingerprint density at radius 3 is 1.69 bits per heavy atom. The molecule has 2 fully saturated rings. The summed E-state index contributed by atoms with van der Waals surface area (Å²) in [5.41, 5.74) is 4.08. The third-order valence-electron chi connectivity index (χ3n) is 7.48. The molecule has 0 amide bonds. The van der Waals surface area contributed by atoms with E-state index in [4.69, 9.17) is 33.2 Å². The maximum absolute atomic E-state index is 6.61. The van der Waals surface area contributed by atoms with Crippen LogP contribution in [0.2, 0.25) is 0 Å². The van der Waals surface area contributed by atoms with E-state index in [9.17, 15) is 0 Å². The van der Waals surface area contributed by atoms with Crippen LogP contribution < -0.4 is 4.74 Å². The van der Waals surface area contributed by atoms with Crippen LogP contribution in [0.1, 0.15) is 28.5 Å². The lowest BCUT2D eigenvalue weighted by atomic mass is 9.98. The Morgan fingerprint density at radius 2 is 1.12 bits per heavy atom. The van der Waals surface area contributed by atoms with E-state index in [1.165, 1.54) is 0 Å². The van der Waals surface area contributed by atoms with E-state index in [-0.39, 0.29) is 0 Å². The van der Waals surface area contributed by atoms with Gasteiger partial charge in [-0.05, 0) is 28.8 Å². The van der Waals surface area contributed by atoms with Gasteiger partial charge < -0.3 is 33.2 Å². The van der Waals surface area contributed by atoms with Crippen molar-refractivity contribution in [3.8, 4) is 5.75 Å². The minimum atomic E-state index is -0.653. The summed E-state index contributed by atoms with van der Waals surface area (Å²) in [5, 5.41) is 0. The number of fused-ring (bicyclic) bond motifs is 1. The van der Waals surface area contributed by atoms with Crippen molar-refractivity contribution >= 4 is 0 Å². The molecule has 0 saturated carbocycles. The fraction of sp³-hybridized carbons (Fsp3) is 0.314. The van der Waals surface area contributed by atoms with Crippen molar-refractivity contribution in [1.82, 2.24) is 0 Å². The maximum Gasteiger partial charge on any atom is 0.190 e. The van der Waals surface area contributed by atoms with Crippen molar-refractivity contribution in [1.29, 1.82) is 0 Å². The van der Waals surface area contributed by atoms with Gasteiger partial charge in [0, 0.05) is 5.56 Å². The van der Waals surface area contributed by atoms with Crippen LogP contribution in [-0.2, 0) is 48.2 Å². The largest absolute Gasteiger partial charge is 0.497 e. The van der Waals surface area contributed by atoms with Gasteiger partial charge >= 0.3 is 0 Å². The Balaban J connectivity index is 1.24. The van der Waals surface area contributed by atoms with Crippen LogP contribution in [0.15, 0.2) is 115 Å². The molecule has 4 aromatic rings. The molecule has 2 aliphatic rings. The topological polar surface area (TPSA) is 64.6 Å². The second-order valence-electron chi connectivity index (χ2n) is 10.4. The first-order chi connectivity index (χ1) is 20.8. The molecular formula is C35H36O7. The molecule has 7 heteroatoms. The van der Waals surface area contributed by atoms with Crippen LogP contribution >= 0.6 is 0 Å². The minimum absolute atomic E-state index is 0.305. The van der Waals surface area contributed by atoms with E-state index in [1.54, 1.807) is 7.11 Å². The molecule has 0 bridgehead atoms. The quantitative estimate of drug-likeness (QED) is 0.201. The molecule has 0 unspecified atom stereocenters. The van der Waals surface area contributed by atoms with Gasteiger partial charge in [0.1, 0.15) is 30.2 Å².